The molecular formula is C11H9Cl4NO. The van der Waals surface area contributed by atoms with E-state index in [1.165, 1.54) is 0 Å². The number of hydrogen-bond donors (Lipinski definition) is 1. The summed E-state index contributed by atoms with van der Waals surface area (Å²) in [5, 5.41) is 3.60. The zero-order valence-corrected chi connectivity index (χ0v) is 11.9. The first-order chi connectivity index (χ1) is 7.76. The van der Waals surface area contributed by atoms with E-state index in [9.17, 15) is 4.79 Å². The minimum Gasteiger partial charge on any atom is -0.324 e. The van der Waals surface area contributed by atoms with Gasteiger partial charge in [0.2, 0.25) is 5.91 Å². The van der Waals surface area contributed by atoms with Gasteiger partial charge in [0.25, 0.3) is 0 Å². The van der Waals surface area contributed by atoms with Crippen LogP contribution >= 0.6 is 46.4 Å². The fourth-order valence-electron chi connectivity index (χ4n) is 1.50. The van der Waals surface area contributed by atoms with Crippen LogP contribution in [0.2, 0.25) is 10.0 Å². The topological polar surface area (TPSA) is 29.1 Å². The summed E-state index contributed by atoms with van der Waals surface area (Å²) in [6.45, 7) is 1.71. The van der Waals surface area contributed by atoms with Crippen molar-refractivity contribution in [1.82, 2.24) is 0 Å². The average Bonchev–Trinajstić information content (AvgIpc) is 2.74. The number of benzene rings is 1. The van der Waals surface area contributed by atoms with Crippen molar-refractivity contribution in [3.8, 4) is 0 Å². The molecule has 92 valence electrons. The van der Waals surface area contributed by atoms with Crippen molar-refractivity contribution in [1.29, 1.82) is 0 Å². The second-order valence-electron chi connectivity index (χ2n) is 4.29. The molecule has 0 bridgehead atoms. The standard InChI is InChI=1S/C11H9Cl4NO/c1-10(5-11(10,14)15)9(17)16-8-4-6(12)2-3-7(8)13/h2-4H,5H2,1H3,(H,16,17). The van der Waals surface area contributed by atoms with E-state index in [0.717, 1.165) is 0 Å². The Bertz CT molecular complexity index is 488. The molecule has 0 saturated heterocycles. The lowest BCUT2D eigenvalue weighted by Crippen LogP contribution is -2.26. The first-order valence-corrected chi connectivity index (χ1v) is 6.42. The molecule has 6 heteroatoms. The van der Waals surface area contributed by atoms with Gasteiger partial charge < -0.3 is 5.32 Å². The molecule has 0 radical (unpaired) electrons. The van der Waals surface area contributed by atoms with Crippen molar-refractivity contribution in [2.45, 2.75) is 17.7 Å². The number of halogens is 4. The Balaban J connectivity index is 2.17. The second kappa shape index (κ2) is 4.20. The summed E-state index contributed by atoms with van der Waals surface area (Å²) in [6.07, 6.45) is 0.424. The van der Waals surface area contributed by atoms with Crippen LogP contribution in [-0.2, 0) is 4.79 Å². The molecule has 2 rings (SSSR count). The number of alkyl halides is 2. The Morgan fingerprint density at radius 2 is 1.94 bits per heavy atom. The Hall–Kier alpha value is -0.150. The zero-order valence-electron chi connectivity index (χ0n) is 8.86. The molecule has 17 heavy (non-hydrogen) atoms. The van der Waals surface area contributed by atoms with Gasteiger partial charge in [-0.2, -0.15) is 0 Å². The number of hydrogen-bond acceptors (Lipinski definition) is 1. The van der Waals surface area contributed by atoms with E-state index in [-0.39, 0.29) is 5.91 Å². The van der Waals surface area contributed by atoms with Gasteiger partial charge in [-0.25, -0.2) is 0 Å². The SMILES string of the molecule is CC1(C(=O)Nc2cc(Cl)ccc2Cl)CC1(Cl)Cl. The summed E-state index contributed by atoms with van der Waals surface area (Å²) in [4.78, 5) is 12.0. The predicted molar refractivity (Wildman–Crippen MR) is 72.3 cm³/mol. The minimum atomic E-state index is -0.998. The third kappa shape index (κ3) is 2.37. The van der Waals surface area contributed by atoms with Crippen molar-refractivity contribution < 1.29 is 4.79 Å². The van der Waals surface area contributed by atoms with Gasteiger partial charge in [0.1, 0.15) is 4.33 Å². The summed E-state index contributed by atoms with van der Waals surface area (Å²) < 4.78 is -0.998. The average molecular weight is 313 g/mol. The number of nitrogens with one attached hydrogen (secondary N) is 1. The van der Waals surface area contributed by atoms with E-state index in [2.05, 4.69) is 5.32 Å². The fraction of sp³-hybridized carbons (Fsp3) is 0.364. The maximum Gasteiger partial charge on any atom is 0.233 e. The van der Waals surface area contributed by atoms with E-state index < -0.39 is 9.75 Å². The summed E-state index contributed by atoms with van der Waals surface area (Å²) in [5.74, 6) is -0.258. The highest BCUT2D eigenvalue weighted by atomic mass is 35.5. The Morgan fingerprint density at radius 1 is 1.35 bits per heavy atom. The van der Waals surface area contributed by atoms with Gasteiger partial charge in [-0.05, 0) is 31.5 Å². The molecule has 0 heterocycles. The van der Waals surface area contributed by atoms with Crippen LogP contribution < -0.4 is 5.32 Å². The molecule has 1 amide bonds. The first-order valence-electron chi connectivity index (χ1n) is 4.91. The van der Waals surface area contributed by atoms with E-state index in [4.69, 9.17) is 46.4 Å². The summed E-state index contributed by atoms with van der Waals surface area (Å²) in [5.41, 5.74) is -0.316. The molecule has 1 unspecified atom stereocenters. The van der Waals surface area contributed by atoms with E-state index in [1.807, 2.05) is 0 Å². The molecule has 1 aliphatic rings. The van der Waals surface area contributed by atoms with Crippen LogP contribution in [0.25, 0.3) is 0 Å². The highest BCUT2D eigenvalue weighted by Crippen LogP contribution is 2.64. The number of anilines is 1. The largest absolute Gasteiger partial charge is 0.324 e. The minimum absolute atomic E-state index is 0.258. The molecule has 2 nitrogen and oxygen atoms in total. The maximum absolute atomic E-state index is 12.0. The molecule has 0 aliphatic heterocycles. The third-order valence-corrected chi connectivity index (χ3v) is 4.60. The molecule has 0 aromatic heterocycles. The summed E-state index contributed by atoms with van der Waals surface area (Å²) >= 11 is 23.6. The van der Waals surface area contributed by atoms with Crippen LogP contribution in [0.15, 0.2) is 18.2 Å². The van der Waals surface area contributed by atoms with Gasteiger partial charge in [-0.1, -0.05) is 23.2 Å². The van der Waals surface area contributed by atoms with Crippen LogP contribution in [0.5, 0.6) is 0 Å². The van der Waals surface area contributed by atoms with Crippen molar-refractivity contribution in [2.75, 3.05) is 5.32 Å². The fourth-order valence-corrected chi connectivity index (χ4v) is 2.54. The van der Waals surface area contributed by atoms with Crippen molar-refractivity contribution in [2.24, 2.45) is 5.41 Å². The van der Waals surface area contributed by atoms with E-state index in [1.54, 1.807) is 25.1 Å². The molecule has 1 aliphatic carbocycles. The highest BCUT2D eigenvalue weighted by molar-refractivity contribution is 6.53. The van der Waals surface area contributed by atoms with Crippen molar-refractivity contribution in [3.05, 3.63) is 28.2 Å². The van der Waals surface area contributed by atoms with E-state index >= 15 is 0 Å². The van der Waals surface area contributed by atoms with Crippen LogP contribution in [0.3, 0.4) is 0 Å². The number of carbonyl (C=O) groups excluding carboxylic acids is 1. The van der Waals surface area contributed by atoms with Gasteiger partial charge in [-0.3, -0.25) is 4.79 Å². The first kappa shape index (κ1) is 13.3. The molecule has 1 aromatic rings. The van der Waals surface area contributed by atoms with Crippen LogP contribution in [-0.4, -0.2) is 10.2 Å². The lowest BCUT2D eigenvalue weighted by molar-refractivity contribution is -0.120. The molecule has 1 saturated carbocycles. The smallest absolute Gasteiger partial charge is 0.233 e. The maximum atomic E-state index is 12.0. The number of carbonyl (C=O) groups is 1. The van der Waals surface area contributed by atoms with Crippen molar-refractivity contribution in [3.63, 3.8) is 0 Å². The Morgan fingerprint density at radius 3 is 2.47 bits per heavy atom. The molecule has 0 spiro atoms. The third-order valence-electron chi connectivity index (χ3n) is 2.94. The number of amides is 1. The molecule has 1 fully saturated rings. The highest BCUT2D eigenvalue weighted by Gasteiger charge is 2.67. The predicted octanol–water partition coefficient (Wildman–Crippen LogP) is 4.52. The van der Waals surface area contributed by atoms with Crippen LogP contribution in [0.1, 0.15) is 13.3 Å². The Labute approximate surface area is 119 Å². The van der Waals surface area contributed by atoms with Crippen LogP contribution in [0.4, 0.5) is 5.69 Å². The van der Waals surface area contributed by atoms with Gasteiger partial charge >= 0.3 is 0 Å². The Kier molecular flexibility index (Phi) is 3.28. The number of rotatable bonds is 2. The molecular weight excluding hydrogens is 304 g/mol. The lowest BCUT2D eigenvalue weighted by atomic mass is 10.1. The monoisotopic (exact) mass is 311 g/mol. The van der Waals surface area contributed by atoms with Crippen LogP contribution in [0, 0.1) is 5.41 Å². The van der Waals surface area contributed by atoms with Gasteiger partial charge in [0.05, 0.1) is 16.1 Å². The molecule has 1 atom stereocenters. The second-order valence-corrected chi connectivity index (χ2v) is 6.62. The molecule has 1 N–H and O–H groups in total. The zero-order chi connectivity index (χ0) is 12.8. The quantitative estimate of drug-likeness (QED) is 0.799. The summed E-state index contributed by atoms with van der Waals surface area (Å²) in [7, 11) is 0. The van der Waals surface area contributed by atoms with Gasteiger partial charge in [0.15, 0.2) is 0 Å². The van der Waals surface area contributed by atoms with Gasteiger partial charge in [-0.15, -0.1) is 23.2 Å². The summed E-state index contributed by atoms with van der Waals surface area (Å²) in [6, 6.07) is 4.84. The van der Waals surface area contributed by atoms with Gasteiger partial charge in [0, 0.05) is 5.02 Å². The normalized spacial score (nSPS) is 25.5. The van der Waals surface area contributed by atoms with Crippen molar-refractivity contribution >= 4 is 58.0 Å². The molecule has 1 aromatic carbocycles. The van der Waals surface area contributed by atoms with E-state index in [0.29, 0.717) is 22.2 Å². The lowest BCUT2D eigenvalue weighted by Gasteiger charge is -2.13.